The Morgan fingerprint density at radius 1 is 0.968 bits per heavy atom. The Balaban J connectivity index is 0.00000233. The normalized spacial score (nSPS) is 12.2. The van der Waals surface area contributed by atoms with E-state index in [1.54, 1.807) is 29.6 Å². The molecule has 2 rings (SSSR count). The molecule has 7 nitrogen and oxygen atoms in total. The number of alkyl halides is 3. The number of carbonyl (C=O) groups is 2. The average molecular weight is 435 g/mol. The quantitative estimate of drug-likeness (QED) is 0.165. The summed E-state index contributed by atoms with van der Waals surface area (Å²) in [5.74, 6) is 3.05. The third-order valence-corrected chi connectivity index (χ3v) is 3.74. The molecule has 0 fully saturated rings. The number of hydrogen-bond acceptors (Lipinski definition) is 5. The van der Waals surface area contributed by atoms with Crippen molar-refractivity contribution in [2.24, 2.45) is 0 Å². The molecule has 0 heterocycles. The molecule has 0 radical (unpaired) electrons. The molecule has 164 valence electrons. The number of amides is 2. The third kappa shape index (κ3) is 7.50. The van der Waals surface area contributed by atoms with Gasteiger partial charge in [0.1, 0.15) is 6.04 Å². The number of nitrogens with one attached hydrogen (secondary N) is 2. The van der Waals surface area contributed by atoms with E-state index < -0.39 is 30.1 Å². The molecule has 2 aromatic rings. The van der Waals surface area contributed by atoms with Gasteiger partial charge in [-0.1, -0.05) is 11.8 Å². The first kappa shape index (κ1) is 25.2. The molecule has 10 heteroatoms. The highest BCUT2D eigenvalue weighted by atomic mass is 19.4. The summed E-state index contributed by atoms with van der Waals surface area (Å²) in [4.78, 5) is 23.5. The molecule has 0 aliphatic rings. The van der Waals surface area contributed by atoms with Crippen molar-refractivity contribution in [1.29, 1.82) is 0 Å². The molecule has 0 bridgehead atoms. The minimum absolute atomic E-state index is 0.0758. The van der Waals surface area contributed by atoms with E-state index in [0.29, 0.717) is 16.8 Å². The van der Waals surface area contributed by atoms with Crippen LogP contribution in [0, 0.1) is 11.8 Å². The molecular weight excluding hydrogens is 415 g/mol. The van der Waals surface area contributed by atoms with E-state index in [9.17, 15) is 27.9 Å². The van der Waals surface area contributed by atoms with E-state index in [1.165, 1.54) is 24.3 Å². The van der Waals surface area contributed by atoms with E-state index in [-0.39, 0.29) is 5.56 Å². The molecule has 0 saturated heterocycles. The Labute approximate surface area is 176 Å². The molecule has 31 heavy (non-hydrogen) atoms. The summed E-state index contributed by atoms with van der Waals surface area (Å²) < 4.78 is 38.0. The number of aliphatic hydroxyl groups is 1. The number of benzene rings is 2. The minimum Gasteiger partial charge on any atom is -0.399 e. The van der Waals surface area contributed by atoms with Crippen LogP contribution in [0.4, 0.5) is 18.9 Å². The summed E-state index contributed by atoms with van der Waals surface area (Å²) in [5.41, 5.74) is 8.31. The van der Waals surface area contributed by atoms with Gasteiger partial charge in [-0.05, 0) is 48.5 Å². The number of hydroxylamine groups is 1. The predicted molar refractivity (Wildman–Crippen MR) is 108 cm³/mol. The molecule has 2 atom stereocenters. The molecule has 0 spiro atoms. The second kappa shape index (κ2) is 11.4. The lowest BCUT2D eigenvalue weighted by atomic mass is 10.1. The zero-order chi connectivity index (χ0) is 23.6. The van der Waals surface area contributed by atoms with Gasteiger partial charge in [0.25, 0.3) is 11.8 Å². The zero-order valence-corrected chi connectivity index (χ0v) is 16.1. The topological polar surface area (TPSA) is 125 Å². The van der Waals surface area contributed by atoms with Gasteiger partial charge in [-0.3, -0.25) is 14.8 Å². The fraction of sp³-hybridized carbons (Fsp3) is 0.143. The first-order chi connectivity index (χ1) is 14.6. The number of carbonyl (C=O) groups excluding carboxylic acids is 2. The molecule has 0 aromatic heterocycles. The smallest absolute Gasteiger partial charge is 0.399 e. The van der Waals surface area contributed by atoms with E-state index >= 15 is 0 Å². The molecule has 2 amide bonds. The molecule has 2 aromatic carbocycles. The van der Waals surface area contributed by atoms with Crippen LogP contribution in [0.2, 0.25) is 0 Å². The van der Waals surface area contributed by atoms with E-state index in [4.69, 9.17) is 10.9 Å². The lowest BCUT2D eigenvalue weighted by Crippen LogP contribution is -2.57. The standard InChI is InChI=1S/C19H16F3N3O4.C2H4/c20-19(21,22)16(26)15(18(28)25-29)24-17(27)13-7-3-11(4-8-13)1-2-12-5-9-14(23)10-6-12;1-2/h3-10,15-16,26,29H,23H2,(H,24,27)(H,25,28);1-2H2. The van der Waals surface area contributed by atoms with Crippen LogP contribution in [-0.2, 0) is 4.79 Å². The minimum atomic E-state index is -5.19. The Morgan fingerprint density at radius 2 is 1.42 bits per heavy atom. The number of nitrogens with two attached hydrogens (primary N) is 1. The molecular formula is C21H20F3N3O4. The van der Waals surface area contributed by atoms with Crippen molar-refractivity contribution in [1.82, 2.24) is 10.8 Å². The lowest BCUT2D eigenvalue weighted by Gasteiger charge is -2.24. The third-order valence-electron chi connectivity index (χ3n) is 3.74. The van der Waals surface area contributed by atoms with Crippen LogP contribution in [0.5, 0.6) is 0 Å². The number of nitrogen functional groups attached to an aromatic ring is 1. The van der Waals surface area contributed by atoms with Gasteiger partial charge in [0.2, 0.25) is 0 Å². The highest BCUT2D eigenvalue weighted by molar-refractivity contribution is 5.97. The van der Waals surface area contributed by atoms with Gasteiger partial charge in [0.15, 0.2) is 6.10 Å². The van der Waals surface area contributed by atoms with E-state index in [2.05, 4.69) is 25.0 Å². The number of aliphatic hydroxyl groups excluding tert-OH is 1. The molecule has 6 N–H and O–H groups in total. The number of halogens is 3. The van der Waals surface area contributed by atoms with Crippen LogP contribution in [0.1, 0.15) is 21.5 Å². The largest absolute Gasteiger partial charge is 0.416 e. The van der Waals surface area contributed by atoms with Gasteiger partial charge in [-0.15, -0.1) is 13.2 Å². The summed E-state index contributed by atoms with van der Waals surface area (Å²) in [5, 5.41) is 19.5. The van der Waals surface area contributed by atoms with Crippen LogP contribution in [-0.4, -0.2) is 40.5 Å². The first-order valence-corrected chi connectivity index (χ1v) is 8.59. The fourth-order valence-corrected chi connectivity index (χ4v) is 2.19. The van der Waals surface area contributed by atoms with E-state index in [0.717, 1.165) is 5.48 Å². The summed E-state index contributed by atoms with van der Waals surface area (Å²) in [6, 6.07) is 9.88. The SMILES string of the molecule is C=C.Nc1ccc(C#Cc2ccc(C(=O)NC(C(=O)NO)C(O)C(F)(F)F)cc2)cc1. The van der Waals surface area contributed by atoms with Gasteiger partial charge < -0.3 is 16.2 Å². The maximum absolute atomic E-state index is 12.7. The average Bonchev–Trinajstić information content (AvgIpc) is 2.77. The monoisotopic (exact) mass is 435 g/mol. The summed E-state index contributed by atoms with van der Waals surface area (Å²) in [7, 11) is 0. The summed E-state index contributed by atoms with van der Waals surface area (Å²) in [6.45, 7) is 6.00. The second-order valence-electron chi connectivity index (χ2n) is 5.86. The van der Waals surface area contributed by atoms with Crippen LogP contribution in [0.25, 0.3) is 0 Å². The van der Waals surface area contributed by atoms with Crippen molar-refractivity contribution in [3.05, 3.63) is 78.4 Å². The summed E-state index contributed by atoms with van der Waals surface area (Å²) >= 11 is 0. The van der Waals surface area contributed by atoms with Crippen LogP contribution < -0.4 is 16.5 Å². The second-order valence-corrected chi connectivity index (χ2v) is 5.86. The van der Waals surface area contributed by atoms with Gasteiger partial charge in [0.05, 0.1) is 0 Å². The fourth-order valence-electron chi connectivity index (χ4n) is 2.19. The molecule has 0 aliphatic carbocycles. The Bertz CT molecular complexity index is 949. The van der Waals surface area contributed by atoms with Gasteiger partial charge >= 0.3 is 6.18 Å². The number of rotatable bonds is 4. The van der Waals surface area contributed by atoms with Crippen LogP contribution in [0.3, 0.4) is 0 Å². The highest BCUT2D eigenvalue weighted by Gasteiger charge is 2.47. The van der Waals surface area contributed by atoms with Crippen LogP contribution >= 0.6 is 0 Å². The first-order valence-electron chi connectivity index (χ1n) is 8.59. The van der Waals surface area contributed by atoms with Crippen molar-refractivity contribution >= 4 is 17.5 Å². The Morgan fingerprint density at radius 3 is 1.84 bits per heavy atom. The van der Waals surface area contributed by atoms with Gasteiger partial charge in [-0.25, -0.2) is 5.48 Å². The zero-order valence-electron chi connectivity index (χ0n) is 16.1. The summed E-state index contributed by atoms with van der Waals surface area (Å²) in [6.07, 6.45) is -8.39. The maximum atomic E-state index is 12.7. The maximum Gasteiger partial charge on any atom is 0.416 e. The van der Waals surface area contributed by atoms with Crippen molar-refractivity contribution in [2.45, 2.75) is 18.3 Å². The Hall–Kier alpha value is -3.81. The Kier molecular flexibility index (Phi) is 9.27. The van der Waals surface area contributed by atoms with Gasteiger partial charge in [-0.2, -0.15) is 13.2 Å². The highest BCUT2D eigenvalue weighted by Crippen LogP contribution is 2.23. The van der Waals surface area contributed by atoms with Crippen molar-refractivity contribution in [3.63, 3.8) is 0 Å². The molecule has 2 unspecified atom stereocenters. The predicted octanol–water partition coefficient (Wildman–Crippen LogP) is 2.00. The van der Waals surface area contributed by atoms with Crippen molar-refractivity contribution < 1.29 is 33.1 Å². The van der Waals surface area contributed by atoms with E-state index in [1.807, 2.05) is 0 Å². The lowest BCUT2D eigenvalue weighted by molar-refractivity contribution is -0.212. The number of anilines is 1. The number of hydrogen-bond donors (Lipinski definition) is 5. The molecule has 0 aliphatic heterocycles. The van der Waals surface area contributed by atoms with Gasteiger partial charge in [0, 0.05) is 22.4 Å². The van der Waals surface area contributed by atoms with Crippen molar-refractivity contribution in [3.8, 4) is 11.8 Å². The molecule has 0 saturated carbocycles. The van der Waals surface area contributed by atoms with Crippen LogP contribution in [0.15, 0.2) is 61.7 Å². The van der Waals surface area contributed by atoms with Crippen molar-refractivity contribution in [2.75, 3.05) is 5.73 Å².